The maximum absolute atomic E-state index is 12.2. The predicted octanol–water partition coefficient (Wildman–Crippen LogP) is 22.5. The minimum absolute atomic E-state index is 0.0000183. The SMILES string of the molecule is CCCC(=O)NCCN1C[C@@H](C)C[C@H]2O[C@]3(CC[C@H]4[C@@H]5CC=C6C[C@@H](O)CC[C@]6(C)[C@H]5CC45CC53C)[C@H](C)[C@@H]21.CCCOCCN1C[C@@H](C)C[C@H]2O[C@]3(CC[C@H]4[C@@H]5CCC6=C[C@@H](O)CC[C@]6(C)[C@H]5CC45CC53C)[C@H](C)[C@@H]21.C[C@H]1C[C@H]2O[C@]3(CC[C@H]4[C@@H]5CCC6=CC(=O)CC[C@]6(C)[C@H]5CC45CC53C)[C@H](C)[C@@H]2N(O)C1.C[C@H]1C[C@H]2O[C@]3(CC[C@H]4[C@@H]5CCC6=C[C@@H](O)CC[C@]6(C)[C@H]5CC45CC53C)[C@H](C)[C@@H]2N(O)C1. The summed E-state index contributed by atoms with van der Waals surface area (Å²) in [4.78, 5) is 29.8. The van der Waals surface area contributed by atoms with E-state index in [-0.39, 0.29) is 92.6 Å². The lowest BCUT2D eigenvalue weighted by Gasteiger charge is -2.50. The average molecular weight is 1930 g/mol. The van der Waals surface area contributed by atoms with Gasteiger partial charge in [-0.15, -0.1) is 0 Å². The predicted molar refractivity (Wildman–Crippen MR) is 546 cm³/mol. The number of rotatable bonds is 10. The number of fused-ring (bicyclic) bond motifs is 24. The number of likely N-dealkylation sites (tertiary alicyclic amines) is 2. The first-order valence-corrected chi connectivity index (χ1v) is 59.9. The number of piperidine rings is 4. The quantitative estimate of drug-likeness (QED) is 0.0888. The molecule has 0 bridgehead atoms. The third kappa shape index (κ3) is 13.1. The van der Waals surface area contributed by atoms with Gasteiger partial charge in [-0.3, -0.25) is 19.4 Å². The van der Waals surface area contributed by atoms with Gasteiger partial charge >= 0.3 is 0 Å². The van der Waals surface area contributed by atoms with Crippen LogP contribution in [0.4, 0.5) is 0 Å². The Balaban J connectivity index is 0.0000000988. The van der Waals surface area contributed by atoms with Crippen LogP contribution in [-0.2, 0) is 33.3 Å². The number of aliphatic hydroxyl groups excluding tert-OH is 3. The number of ketones is 1. The van der Waals surface area contributed by atoms with Gasteiger partial charge < -0.3 is 54.7 Å². The molecule has 17 nitrogen and oxygen atoms in total. The van der Waals surface area contributed by atoms with Gasteiger partial charge in [-0.2, -0.15) is 10.1 Å². The second-order valence-electron chi connectivity index (χ2n) is 58.6. The molecule has 17 heteroatoms. The van der Waals surface area contributed by atoms with Gasteiger partial charge in [-0.25, -0.2) is 0 Å². The number of aliphatic hydroxyl groups is 3. The fraction of sp³-hybridized carbons (Fsp3) is 0.919. The second-order valence-corrected chi connectivity index (χ2v) is 58.6. The van der Waals surface area contributed by atoms with Crippen molar-refractivity contribution in [2.75, 3.05) is 59.0 Å². The third-order valence-corrected chi connectivity index (χ3v) is 53.6. The normalized spacial score (nSPS) is 58.2. The van der Waals surface area contributed by atoms with Crippen molar-refractivity contribution in [1.82, 2.24) is 25.2 Å². The molecule has 24 fully saturated rings. The van der Waals surface area contributed by atoms with Gasteiger partial charge in [0.1, 0.15) is 0 Å². The minimum Gasteiger partial charge on any atom is -0.393 e. The molecular formula is C123H191N5O12. The first-order chi connectivity index (χ1) is 66.6. The summed E-state index contributed by atoms with van der Waals surface area (Å²) in [5.41, 5.74) is 10.3. The standard InChI is InChI=1S/C34H54N2O3.C33H53NO3.C28H43NO3.C28H41NO3/c1-6-7-29(38)35-14-15-36-19-21(2)16-28-30(36)22(3)34(39-28)13-11-26-25-9-8-23-17-24(37)10-12-31(23,4)27(25)18-33(26)20-32(33,34)5;1-6-14-36-15-13-34-19-21(2)16-28-29(34)22(3)33(37-28)12-10-26-25-8-7-23-17-24(35)9-11-30(23,4)27(25)18-32(26)20-31(32,33)5;2*1-16-11-23-24(29(31)14-16)17(2)28(32-23)10-8-21-20-6-5-18-12-19(30)7-9-25(18,3)22(20)13-27(21)15-26(27,28)4/h8,21-22,24-28,30,37H,6-7,9-20H2,1-5H3,(H,35,38);17,21-22,24-29,35H,6-16,18-20H2,1-5H3;12,16-17,19-24,30-31H,5-11,13-15H2,1-4H3;12,16-17,20-24,31H,5-11,13-15H2,1-4H3/t21-,22+,24-,25-,26-,27-,28+,30-,31-,32?,33?,34+;21-,22+,24-,25-,26-,27-,28+,29-,30-,31?,32?,33+;16-,17+,19-,20-,21-,22-,23+,24-,25-,26?,27?,28+;16-,17+,20-,21-,22-,23+,24-,25-,26?,27?,28+/m0000/s1. The molecule has 16 saturated carbocycles. The lowest BCUT2D eigenvalue weighted by Crippen LogP contribution is -2.55. The van der Waals surface area contributed by atoms with E-state index in [4.69, 9.17) is 23.7 Å². The molecule has 28 rings (SSSR count). The van der Waals surface area contributed by atoms with Crippen molar-refractivity contribution in [3.63, 3.8) is 0 Å². The molecule has 8 spiro atoms. The minimum atomic E-state index is -0.217. The van der Waals surface area contributed by atoms with Crippen molar-refractivity contribution < 1.29 is 59.0 Å². The first kappa shape index (κ1) is 98.3. The van der Waals surface area contributed by atoms with Crippen molar-refractivity contribution in [2.24, 2.45) is 183 Å². The van der Waals surface area contributed by atoms with Gasteiger partial charge in [0.05, 0.1) is 83.8 Å². The number of nitrogens with zero attached hydrogens (tertiary/aromatic N) is 4. The highest BCUT2D eigenvalue weighted by Gasteiger charge is 2.90. The second kappa shape index (κ2) is 33.3. The summed E-state index contributed by atoms with van der Waals surface area (Å²) >= 11 is 0. The highest BCUT2D eigenvalue weighted by molar-refractivity contribution is 5.91. The number of hydrogen-bond donors (Lipinski definition) is 6. The number of ether oxygens (including phenoxy) is 5. The smallest absolute Gasteiger partial charge is 0.220 e. The Morgan fingerprint density at radius 3 is 1.21 bits per heavy atom. The van der Waals surface area contributed by atoms with Crippen molar-refractivity contribution in [3.05, 3.63) is 46.6 Å². The molecule has 0 aromatic rings. The fourth-order valence-corrected chi connectivity index (χ4v) is 47.1. The van der Waals surface area contributed by atoms with Crippen LogP contribution in [0.25, 0.3) is 0 Å². The number of carbonyl (C=O) groups is 2. The summed E-state index contributed by atoms with van der Waals surface area (Å²) < 4.78 is 35.2. The Morgan fingerprint density at radius 2 is 0.786 bits per heavy atom. The van der Waals surface area contributed by atoms with E-state index >= 15 is 0 Å². The molecule has 0 aromatic carbocycles. The zero-order valence-corrected chi connectivity index (χ0v) is 90.5. The Bertz CT molecular complexity index is 4980. The molecule has 8 heterocycles. The Hall–Kier alpha value is -2.46. The summed E-state index contributed by atoms with van der Waals surface area (Å²) in [7, 11) is 0. The van der Waals surface area contributed by atoms with Crippen LogP contribution in [0.2, 0.25) is 0 Å². The number of hydroxylamine groups is 4. The van der Waals surface area contributed by atoms with Crippen LogP contribution in [0.1, 0.15) is 375 Å². The number of hydrogen-bond acceptors (Lipinski definition) is 16. The molecule has 780 valence electrons. The zero-order valence-electron chi connectivity index (χ0n) is 90.5. The van der Waals surface area contributed by atoms with E-state index in [1.54, 1.807) is 26.8 Å². The largest absolute Gasteiger partial charge is 0.393 e. The van der Waals surface area contributed by atoms with E-state index in [1.165, 1.54) is 185 Å². The molecule has 47 atom stereocenters. The van der Waals surface area contributed by atoms with Crippen LogP contribution in [0.3, 0.4) is 0 Å². The number of allylic oxidation sites excluding steroid dienone is 5. The Kier molecular flexibility index (Phi) is 23.4. The van der Waals surface area contributed by atoms with Crippen LogP contribution in [0.15, 0.2) is 46.6 Å². The molecule has 6 N–H and O–H groups in total. The summed E-state index contributed by atoms with van der Waals surface area (Å²) in [6, 6.07) is 1.37. The van der Waals surface area contributed by atoms with Crippen LogP contribution < -0.4 is 5.32 Å². The molecule has 20 aliphatic carbocycles. The summed E-state index contributed by atoms with van der Waals surface area (Å²) in [5, 5.41) is 59.4. The average Bonchev–Trinajstić information content (AvgIpc) is 1.47. The summed E-state index contributed by atoms with van der Waals surface area (Å²) in [5.74, 6) is 14.8. The molecule has 28 aliphatic rings. The molecular weight excluding hydrogens is 1740 g/mol. The van der Waals surface area contributed by atoms with Crippen molar-refractivity contribution in [2.45, 2.75) is 464 Å². The number of carbonyl (C=O) groups excluding carboxylic acids is 2. The van der Waals surface area contributed by atoms with E-state index in [1.807, 2.05) is 6.08 Å². The van der Waals surface area contributed by atoms with Gasteiger partial charge in [0.15, 0.2) is 5.78 Å². The molecule has 8 aliphatic heterocycles. The molecule has 0 aromatic heterocycles. The number of nitrogens with one attached hydrogen (secondary N) is 1. The maximum Gasteiger partial charge on any atom is 0.220 e. The van der Waals surface area contributed by atoms with Crippen LogP contribution in [0.5, 0.6) is 0 Å². The van der Waals surface area contributed by atoms with Gasteiger partial charge in [-0.05, 0) is 382 Å². The van der Waals surface area contributed by atoms with Gasteiger partial charge in [0.25, 0.3) is 0 Å². The highest BCUT2D eigenvalue weighted by atomic mass is 16.6. The van der Waals surface area contributed by atoms with Crippen molar-refractivity contribution in [3.8, 4) is 0 Å². The number of amides is 1. The third-order valence-electron chi connectivity index (χ3n) is 53.6. The van der Waals surface area contributed by atoms with Crippen LogP contribution in [0, 0.1) is 183 Å². The summed E-state index contributed by atoms with van der Waals surface area (Å²) in [6.45, 7) is 52.5. The molecule has 0 radical (unpaired) electrons. The van der Waals surface area contributed by atoms with Gasteiger partial charge in [0.2, 0.25) is 5.91 Å². The maximum atomic E-state index is 12.2. The van der Waals surface area contributed by atoms with E-state index in [2.05, 4.69) is 158 Å². The summed E-state index contributed by atoms with van der Waals surface area (Å²) in [6.07, 6.45) is 56.0. The van der Waals surface area contributed by atoms with E-state index in [0.29, 0.717) is 127 Å². The molecule has 140 heavy (non-hydrogen) atoms. The zero-order chi connectivity index (χ0) is 97.7. The highest BCUT2D eigenvalue weighted by Crippen LogP contribution is 2.93. The molecule has 1 amide bonds. The lowest BCUT2D eigenvalue weighted by atomic mass is 9.56. The first-order valence-electron chi connectivity index (χ1n) is 59.9. The van der Waals surface area contributed by atoms with Crippen LogP contribution in [-0.4, -0.2) is 206 Å². The fourth-order valence-electron chi connectivity index (χ4n) is 47.1. The monoisotopic (exact) mass is 1930 g/mol. The lowest BCUT2D eigenvalue weighted by molar-refractivity contribution is -0.183. The van der Waals surface area contributed by atoms with Gasteiger partial charge in [0, 0.05) is 123 Å². The van der Waals surface area contributed by atoms with Crippen LogP contribution >= 0.6 is 0 Å². The van der Waals surface area contributed by atoms with E-state index in [9.17, 15) is 35.3 Å². The van der Waals surface area contributed by atoms with E-state index < -0.39 is 0 Å². The topological polar surface area (TPSA) is 206 Å². The molecule has 8 saturated heterocycles. The molecule has 8 unspecified atom stereocenters. The Morgan fingerprint density at radius 1 is 0.414 bits per heavy atom. The van der Waals surface area contributed by atoms with Crippen molar-refractivity contribution in [1.29, 1.82) is 0 Å². The van der Waals surface area contributed by atoms with Crippen molar-refractivity contribution >= 4 is 11.7 Å². The Labute approximate surface area is 844 Å². The van der Waals surface area contributed by atoms with E-state index in [0.717, 1.165) is 194 Å². The van der Waals surface area contributed by atoms with Gasteiger partial charge in [-0.1, -0.05) is 165 Å².